The third-order valence-corrected chi connectivity index (χ3v) is 2.77. The molecule has 0 aromatic carbocycles. The highest BCUT2D eigenvalue weighted by Gasteiger charge is 2.32. The largest absolute Gasteiger partial charge is 0.402 e. The molecule has 2 heteroatoms. The summed E-state index contributed by atoms with van der Waals surface area (Å²) in [5.74, 6) is 0. The normalized spacial score (nSPS) is 33.8. The minimum absolute atomic E-state index is 0.652. The van der Waals surface area contributed by atoms with Crippen molar-refractivity contribution in [1.82, 2.24) is 4.90 Å². The van der Waals surface area contributed by atoms with E-state index >= 15 is 0 Å². The second-order valence-electron chi connectivity index (χ2n) is 3.41. The molecule has 0 aromatic heterocycles. The zero-order valence-corrected chi connectivity index (χ0v) is 8.38. The number of rotatable bonds is 0. The lowest BCUT2D eigenvalue weighted by Gasteiger charge is -2.28. The smallest absolute Gasteiger partial charge is 0.0298 e. The van der Waals surface area contributed by atoms with E-state index < -0.39 is 0 Å². The van der Waals surface area contributed by atoms with E-state index in [1.165, 1.54) is 12.8 Å². The van der Waals surface area contributed by atoms with Crippen molar-refractivity contribution in [3.8, 4) is 0 Å². The lowest BCUT2D eigenvalue weighted by molar-refractivity contribution is 0.254. The Hall–Kier alpha value is -0.500. The molecule has 0 saturated carbocycles. The van der Waals surface area contributed by atoms with E-state index in [0.29, 0.717) is 6.04 Å². The Balaban J connectivity index is 0.000000336. The van der Waals surface area contributed by atoms with Crippen LogP contribution in [0.2, 0.25) is 0 Å². The first-order valence-corrected chi connectivity index (χ1v) is 4.95. The maximum absolute atomic E-state index is 5.75. The van der Waals surface area contributed by atoms with Crippen molar-refractivity contribution < 1.29 is 0 Å². The number of likely N-dealkylation sites (N-methyl/N-ethyl adjacent to an activating group) is 1. The van der Waals surface area contributed by atoms with Gasteiger partial charge in [0.25, 0.3) is 0 Å². The molecule has 2 heterocycles. The molecule has 2 aliphatic heterocycles. The molecule has 2 bridgehead atoms. The molecule has 2 N–H and O–H groups in total. The van der Waals surface area contributed by atoms with Crippen molar-refractivity contribution in [3.63, 3.8) is 0 Å². The molecule has 2 aliphatic rings. The molecule has 0 aliphatic carbocycles. The van der Waals surface area contributed by atoms with Crippen LogP contribution in [0.4, 0.5) is 0 Å². The number of hydrogen-bond acceptors (Lipinski definition) is 2. The summed E-state index contributed by atoms with van der Waals surface area (Å²) in [4.78, 5) is 2.44. The first-order valence-electron chi connectivity index (χ1n) is 4.95. The van der Waals surface area contributed by atoms with E-state index in [2.05, 4.69) is 18.0 Å². The highest BCUT2D eigenvalue weighted by atomic mass is 15.2. The van der Waals surface area contributed by atoms with Gasteiger partial charge in [-0.2, -0.15) is 0 Å². The molecule has 1 fully saturated rings. The molecule has 2 unspecified atom stereocenters. The maximum Gasteiger partial charge on any atom is 0.0298 e. The standard InChI is InChI=1S/C8H14N2.C2H6/c1-10-7-2-3-8(10)5-6(9)4-7;1-2/h4,7-8H,2-3,5,9H2,1H3;1-2H3. The van der Waals surface area contributed by atoms with E-state index in [1.54, 1.807) is 0 Å². The Morgan fingerprint density at radius 3 is 2.67 bits per heavy atom. The summed E-state index contributed by atoms with van der Waals surface area (Å²) in [5.41, 5.74) is 6.85. The van der Waals surface area contributed by atoms with E-state index in [4.69, 9.17) is 5.73 Å². The van der Waals surface area contributed by atoms with Crippen molar-refractivity contribution in [2.75, 3.05) is 7.05 Å². The monoisotopic (exact) mass is 168 g/mol. The molecule has 0 radical (unpaired) electrons. The van der Waals surface area contributed by atoms with Crippen LogP contribution in [0, 0.1) is 0 Å². The quantitative estimate of drug-likeness (QED) is 0.597. The van der Waals surface area contributed by atoms with Gasteiger partial charge in [0.15, 0.2) is 0 Å². The Morgan fingerprint density at radius 1 is 1.42 bits per heavy atom. The lowest BCUT2D eigenvalue weighted by Crippen LogP contribution is -2.36. The number of fused-ring (bicyclic) bond motifs is 2. The van der Waals surface area contributed by atoms with Gasteiger partial charge in [-0.05, 0) is 26.0 Å². The van der Waals surface area contributed by atoms with Crippen LogP contribution in [0.1, 0.15) is 33.1 Å². The van der Waals surface area contributed by atoms with E-state index in [-0.39, 0.29) is 0 Å². The Bertz CT molecular complexity index is 175. The van der Waals surface area contributed by atoms with Gasteiger partial charge >= 0.3 is 0 Å². The van der Waals surface area contributed by atoms with Crippen molar-refractivity contribution >= 4 is 0 Å². The van der Waals surface area contributed by atoms with Gasteiger partial charge in [-0.3, -0.25) is 4.90 Å². The molecule has 0 amide bonds. The summed E-state index contributed by atoms with van der Waals surface area (Å²) in [5, 5.41) is 0. The van der Waals surface area contributed by atoms with Gasteiger partial charge in [-0.15, -0.1) is 0 Å². The van der Waals surface area contributed by atoms with E-state index in [9.17, 15) is 0 Å². The molecule has 2 nitrogen and oxygen atoms in total. The highest BCUT2D eigenvalue weighted by Crippen LogP contribution is 2.31. The zero-order chi connectivity index (χ0) is 9.14. The van der Waals surface area contributed by atoms with Crippen LogP contribution in [-0.4, -0.2) is 24.0 Å². The number of hydrogen-bond donors (Lipinski definition) is 1. The molecule has 2 atom stereocenters. The summed E-state index contributed by atoms with van der Waals surface area (Å²) in [7, 11) is 2.20. The molecule has 0 spiro atoms. The summed E-state index contributed by atoms with van der Waals surface area (Å²) >= 11 is 0. The van der Waals surface area contributed by atoms with Crippen molar-refractivity contribution in [2.45, 2.75) is 45.2 Å². The third-order valence-electron chi connectivity index (χ3n) is 2.77. The fourth-order valence-electron chi connectivity index (χ4n) is 2.08. The molecule has 1 saturated heterocycles. The predicted molar refractivity (Wildman–Crippen MR) is 52.8 cm³/mol. The van der Waals surface area contributed by atoms with Crippen molar-refractivity contribution in [2.24, 2.45) is 5.73 Å². The van der Waals surface area contributed by atoms with Crippen LogP contribution in [0.3, 0.4) is 0 Å². The summed E-state index contributed by atoms with van der Waals surface area (Å²) in [6, 6.07) is 1.40. The third kappa shape index (κ3) is 1.63. The number of nitrogens with two attached hydrogens (primary N) is 1. The number of nitrogens with zero attached hydrogens (tertiary/aromatic N) is 1. The van der Waals surface area contributed by atoms with Gasteiger partial charge in [0.1, 0.15) is 0 Å². The highest BCUT2D eigenvalue weighted by molar-refractivity contribution is 5.14. The summed E-state index contributed by atoms with van der Waals surface area (Å²) in [6.07, 6.45) is 5.94. The van der Waals surface area contributed by atoms with Gasteiger partial charge < -0.3 is 5.73 Å². The molecule has 12 heavy (non-hydrogen) atoms. The fourth-order valence-corrected chi connectivity index (χ4v) is 2.08. The lowest BCUT2D eigenvalue weighted by atomic mass is 10.1. The van der Waals surface area contributed by atoms with Gasteiger partial charge in [-0.25, -0.2) is 0 Å². The summed E-state index contributed by atoms with van der Waals surface area (Å²) < 4.78 is 0. The molecular formula is C10H20N2. The summed E-state index contributed by atoms with van der Waals surface area (Å²) in [6.45, 7) is 4.00. The minimum Gasteiger partial charge on any atom is -0.402 e. The van der Waals surface area contributed by atoms with Crippen LogP contribution < -0.4 is 5.73 Å². The molecule has 0 aromatic rings. The Morgan fingerprint density at radius 2 is 2.08 bits per heavy atom. The van der Waals surface area contributed by atoms with E-state index in [1.807, 2.05) is 13.8 Å². The second-order valence-corrected chi connectivity index (χ2v) is 3.41. The predicted octanol–water partition coefficient (Wildman–Crippen LogP) is 1.72. The SMILES string of the molecule is CC.CN1C2C=C(N)CC1CC2. The maximum atomic E-state index is 5.75. The zero-order valence-electron chi connectivity index (χ0n) is 8.38. The average molecular weight is 168 g/mol. The second kappa shape index (κ2) is 3.94. The van der Waals surface area contributed by atoms with Crippen LogP contribution in [0.25, 0.3) is 0 Å². The minimum atomic E-state index is 0.652. The van der Waals surface area contributed by atoms with Crippen LogP contribution in [0.5, 0.6) is 0 Å². The van der Waals surface area contributed by atoms with E-state index in [0.717, 1.165) is 18.2 Å². The van der Waals surface area contributed by atoms with Crippen molar-refractivity contribution in [1.29, 1.82) is 0 Å². The average Bonchev–Trinajstić information content (AvgIpc) is 2.35. The molecular weight excluding hydrogens is 148 g/mol. The first kappa shape index (κ1) is 9.59. The fraction of sp³-hybridized carbons (Fsp3) is 0.800. The van der Waals surface area contributed by atoms with Gasteiger partial charge in [-0.1, -0.05) is 13.8 Å². The van der Waals surface area contributed by atoms with Gasteiger partial charge in [0.2, 0.25) is 0 Å². The Labute approximate surface area is 75.4 Å². The van der Waals surface area contributed by atoms with Crippen LogP contribution in [-0.2, 0) is 0 Å². The molecule has 70 valence electrons. The topological polar surface area (TPSA) is 29.3 Å². The van der Waals surface area contributed by atoms with Crippen molar-refractivity contribution in [3.05, 3.63) is 11.8 Å². The van der Waals surface area contributed by atoms with Crippen LogP contribution in [0.15, 0.2) is 11.8 Å². The first-order chi connectivity index (χ1) is 5.77. The van der Waals surface area contributed by atoms with Gasteiger partial charge in [0, 0.05) is 24.2 Å². The van der Waals surface area contributed by atoms with Crippen LogP contribution >= 0.6 is 0 Å². The molecule has 2 rings (SSSR count). The Kier molecular flexibility index (Phi) is 3.15. The van der Waals surface area contributed by atoms with Gasteiger partial charge in [0.05, 0.1) is 0 Å².